The van der Waals surface area contributed by atoms with Gasteiger partial charge in [0.05, 0.1) is 0 Å². The lowest BCUT2D eigenvalue weighted by Gasteiger charge is -2.16. The molecule has 0 saturated carbocycles. The normalized spacial score (nSPS) is 12.8. The van der Waals surface area contributed by atoms with Gasteiger partial charge in [-0.05, 0) is 50.7 Å². The number of nitrogens with one attached hydrogen (secondary N) is 2. The van der Waals surface area contributed by atoms with Gasteiger partial charge in [-0.2, -0.15) is 0 Å². The van der Waals surface area contributed by atoms with E-state index < -0.39 is 11.8 Å². The van der Waals surface area contributed by atoms with Gasteiger partial charge in [0.25, 0.3) is 0 Å². The first-order valence-electron chi connectivity index (χ1n) is 9.24. The molecule has 138 valence electrons. The summed E-state index contributed by atoms with van der Waals surface area (Å²) in [5, 5.41) is 5.56. The summed E-state index contributed by atoms with van der Waals surface area (Å²) in [7, 11) is 0. The number of hydrogen-bond donors (Lipinski definition) is 2. The Morgan fingerprint density at radius 1 is 0.692 bits per heavy atom. The van der Waals surface area contributed by atoms with Crippen LogP contribution in [0.3, 0.4) is 0 Å². The zero-order valence-electron chi connectivity index (χ0n) is 15.6. The van der Waals surface area contributed by atoms with E-state index in [9.17, 15) is 9.59 Å². The third kappa shape index (κ3) is 7.09. The quantitative estimate of drug-likeness (QED) is 0.717. The lowest BCUT2D eigenvalue weighted by Crippen LogP contribution is -2.46. The summed E-state index contributed by atoms with van der Waals surface area (Å²) in [4.78, 5) is 24.1. The van der Waals surface area contributed by atoms with E-state index in [0.717, 1.165) is 25.7 Å². The van der Waals surface area contributed by atoms with Gasteiger partial charge in [-0.25, -0.2) is 0 Å². The smallest absolute Gasteiger partial charge is 0.309 e. The van der Waals surface area contributed by atoms with Crippen LogP contribution in [0.15, 0.2) is 60.7 Å². The summed E-state index contributed by atoms with van der Waals surface area (Å²) in [6.45, 7) is 3.85. The molecule has 2 aromatic rings. The maximum absolute atomic E-state index is 12.1. The average Bonchev–Trinajstić information content (AvgIpc) is 2.66. The van der Waals surface area contributed by atoms with Gasteiger partial charge in [0.2, 0.25) is 0 Å². The molecule has 2 amide bonds. The van der Waals surface area contributed by atoms with Crippen LogP contribution in [0, 0.1) is 0 Å². The molecule has 0 bridgehead atoms. The molecule has 0 unspecified atom stereocenters. The van der Waals surface area contributed by atoms with E-state index in [1.165, 1.54) is 11.1 Å². The molecule has 0 spiro atoms. The predicted octanol–water partition coefficient (Wildman–Crippen LogP) is 3.26. The topological polar surface area (TPSA) is 58.2 Å². The highest BCUT2D eigenvalue weighted by atomic mass is 16.2. The van der Waals surface area contributed by atoms with Crippen LogP contribution in [0.1, 0.15) is 37.8 Å². The van der Waals surface area contributed by atoms with Crippen LogP contribution in [0.4, 0.5) is 0 Å². The summed E-state index contributed by atoms with van der Waals surface area (Å²) >= 11 is 0. The average molecular weight is 352 g/mol. The number of amides is 2. The van der Waals surface area contributed by atoms with Crippen molar-refractivity contribution in [3.05, 3.63) is 71.8 Å². The van der Waals surface area contributed by atoms with Crippen LogP contribution in [-0.2, 0) is 22.4 Å². The van der Waals surface area contributed by atoms with Crippen LogP contribution in [0.25, 0.3) is 0 Å². The van der Waals surface area contributed by atoms with E-state index >= 15 is 0 Å². The second-order valence-electron chi connectivity index (χ2n) is 6.80. The van der Waals surface area contributed by atoms with Crippen molar-refractivity contribution >= 4 is 11.8 Å². The number of rotatable bonds is 8. The Balaban J connectivity index is 1.68. The number of carbonyl (C=O) groups excluding carboxylic acids is 2. The van der Waals surface area contributed by atoms with Crippen LogP contribution < -0.4 is 10.6 Å². The highest BCUT2D eigenvalue weighted by Gasteiger charge is 2.18. The van der Waals surface area contributed by atoms with E-state index in [1.807, 2.05) is 50.2 Å². The lowest BCUT2D eigenvalue weighted by molar-refractivity contribution is -0.140. The van der Waals surface area contributed by atoms with Crippen molar-refractivity contribution in [3.8, 4) is 0 Å². The van der Waals surface area contributed by atoms with Gasteiger partial charge in [-0.1, -0.05) is 60.7 Å². The minimum Gasteiger partial charge on any atom is -0.345 e. The van der Waals surface area contributed by atoms with Gasteiger partial charge in [-0.3, -0.25) is 9.59 Å². The first kappa shape index (κ1) is 19.7. The molecular weight excluding hydrogens is 324 g/mol. The Kier molecular flexibility index (Phi) is 7.87. The van der Waals surface area contributed by atoms with Crippen molar-refractivity contribution in [1.29, 1.82) is 0 Å². The first-order chi connectivity index (χ1) is 12.5. The van der Waals surface area contributed by atoms with Crippen LogP contribution >= 0.6 is 0 Å². The Labute approximate surface area is 156 Å². The van der Waals surface area contributed by atoms with Crippen molar-refractivity contribution in [2.75, 3.05) is 0 Å². The standard InChI is InChI=1S/C22H28N2O2/c1-17(13-15-19-9-5-3-6-10-19)23-21(25)22(26)24-18(2)14-16-20-11-7-4-8-12-20/h3-12,17-18H,13-16H2,1-2H3,(H,23,25)(H,24,26)/t17-,18-/m0/s1. The molecule has 0 aliphatic carbocycles. The van der Waals surface area contributed by atoms with Crippen molar-refractivity contribution in [1.82, 2.24) is 10.6 Å². The summed E-state index contributed by atoms with van der Waals surface area (Å²) in [6.07, 6.45) is 3.34. The SMILES string of the molecule is C[C@@H](CCc1ccccc1)NC(=O)C(=O)N[C@@H](C)CCc1ccccc1. The van der Waals surface area contributed by atoms with Gasteiger partial charge in [-0.15, -0.1) is 0 Å². The lowest BCUT2D eigenvalue weighted by atomic mass is 10.1. The fourth-order valence-corrected chi connectivity index (χ4v) is 2.78. The van der Waals surface area contributed by atoms with Crippen LogP contribution in [0.2, 0.25) is 0 Å². The molecule has 2 N–H and O–H groups in total. The Morgan fingerprint density at radius 2 is 1.04 bits per heavy atom. The molecule has 0 fully saturated rings. The molecule has 4 nitrogen and oxygen atoms in total. The van der Waals surface area contributed by atoms with Gasteiger partial charge in [0.15, 0.2) is 0 Å². The number of benzene rings is 2. The van der Waals surface area contributed by atoms with E-state index in [2.05, 4.69) is 34.9 Å². The second kappa shape index (κ2) is 10.4. The summed E-state index contributed by atoms with van der Waals surface area (Å²) in [6, 6.07) is 20.1. The highest BCUT2D eigenvalue weighted by molar-refractivity contribution is 6.35. The van der Waals surface area contributed by atoms with Gasteiger partial charge in [0, 0.05) is 12.1 Å². The molecule has 2 rings (SSSR count). The monoisotopic (exact) mass is 352 g/mol. The molecular formula is C22H28N2O2. The Bertz CT molecular complexity index is 624. The third-order valence-electron chi connectivity index (χ3n) is 4.38. The second-order valence-corrected chi connectivity index (χ2v) is 6.80. The molecule has 0 aromatic heterocycles. The van der Waals surface area contributed by atoms with Crippen molar-refractivity contribution in [2.24, 2.45) is 0 Å². The van der Waals surface area contributed by atoms with Gasteiger partial charge in [0.1, 0.15) is 0 Å². The Hall–Kier alpha value is -2.62. The molecule has 26 heavy (non-hydrogen) atoms. The van der Waals surface area contributed by atoms with Crippen LogP contribution in [0.5, 0.6) is 0 Å². The molecule has 0 aliphatic rings. The van der Waals surface area contributed by atoms with Gasteiger partial charge < -0.3 is 10.6 Å². The van der Waals surface area contributed by atoms with Crippen molar-refractivity contribution < 1.29 is 9.59 Å². The molecule has 0 aliphatic heterocycles. The fourth-order valence-electron chi connectivity index (χ4n) is 2.78. The number of aryl methyl sites for hydroxylation is 2. The maximum Gasteiger partial charge on any atom is 0.309 e. The van der Waals surface area contributed by atoms with E-state index in [4.69, 9.17) is 0 Å². The number of hydrogen-bond acceptors (Lipinski definition) is 2. The number of carbonyl (C=O) groups is 2. The van der Waals surface area contributed by atoms with E-state index in [-0.39, 0.29) is 12.1 Å². The highest BCUT2D eigenvalue weighted by Crippen LogP contribution is 2.06. The van der Waals surface area contributed by atoms with E-state index in [0.29, 0.717) is 0 Å². The first-order valence-corrected chi connectivity index (χ1v) is 9.24. The molecule has 0 radical (unpaired) electrons. The molecule has 2 atom stereocenters. The minimum absolute atomic E-state index is 0.0481. The largest absolute Gasteiger partial charge is 0.345 e. The predicted molar refractivity (Wildman–Crippen MR) is 105 cm³/mol. The minimum atomic E-state index is -0.558. The molecule has 2 aromatic carbocycles. The zero-order chi connectivity index (χ0) is 18.8. The van der Waals surface area contributed by atoms with Crippen molar-refractivity contribution in [3.63, 3.8) is 0 Å². The summed E-state index contributed by atoms with van der Waals surface area (Å²) in [5.74, 6) is -1.12. The van der Waals surface area contributed by atoms with Crippen molar-refractivity contribution in [2.45, 2.75) is 51.6 Å². The van der Waals surface area contributed by atoms with E-state index in [1.54, 1.807) is 0 Å². The maximum atomic E-state index is 12.1. The third-order valence-corrected chi connectivity index (χ3v) is 4.38. The zero-order valence-corrected chi connectivity index (χ0v) is 15.6. The van der Waals surface area contributed by atoms with Gasteiger partial charge >= 0.3 is 11.8 Å². The summed E-state index contributed by atoms with van der Waals surface area (Å²) in [5.41, 5.74) is 2.46. The Morgan fingerprint density at radius 3 is 1.38 bits per heavy atom. The summed E-state index contributed by atoms with van der Waals surface area (Å²) < 4.78 is 0. The molecule has 4 heteroatoms. The fraction of sp³-hybridized carbons (Fsp3) is 0.364. The molecule has 0 saturated heterocycles. The van der Waals surface area contributed by atoms with Crippen LogP contribution in [-0.4, -0.2) is 23.9 Å². The molecule has 0 heterocycles.